The summed E-state index contributed by atoms with van der Waals surface area (Å²) in [4.78, 5) is 15.8. The van der Waals surface area contributed by atoms with Crippen molar-refractivity contribution in [3.63, 3.8) is 0 Å². The van der Waals surface area contributed by atoms with Crippen molar-refractivity contribution in [2.45, 2.75) is 6.42 Å². The van der Waals surface area contributed by atoms with Crippen molar-refractivity contribution in [3.05, 3.63) is 64.7 Å². The van der Waals surface area contributed by atoms with E-state index in [1.807, 2.05) is 0 Å². The van der Waals surface area contributed by atoms with Gasteiger partial charge in [0, 0.05) is 17.6 Å². The molecule has 1 aromatic heterocycles. The van der Waals surface area contributed by atoms with Crippen molar-refractivity contribution in [1.82, 2.24) is 4.98 Å². The summed E-state index contributed by atoms with van der Waals surface area (Å²) in [6.45, 7) is 0. The molecule has 0 saturated carbocycles. The van der Waals surface area contributed by atoms with Crippen molar-refractivity contribution in [2.24, 2.45) is 0 Å². The number of aromatic nitrogens is 1. The van der Waals surface area contributed by atoms with Gasteiger partial charge in [-0.2, -0.15) is 0 Å². The third-order valence-corrected chi connectivity index (χ3v) is 2.67. The van der Waals surface area contributed by atoms with Gasteiger partial charge >= 0.3 is 0 Å². The molecule has 17 heavy (non-hydrogen) atoms. The van der Waals surface area contributed by atoms with Crippen LogP contribution in [0.3, 0.4) is 0 Å². The number of ketones is 1. The highest BCUT2D eigenvalue weighted by Gasteiger charge is 2.10. The number of hydrogen-bond donors (Lipinski definition) is 0. The Morgan fingerprint density at radius 2 is 2.12 bits per heavy atom. The summed E-state index contributed by atoms with van der Waals surface area (Å²) in [5.41, 5.74) is 0.983. The second-order valence-corrected chi connectivity index (χ2v) is 3.96. The molecule has 4 heteroatoms. The SMILES string of the molecule is O=C(Cc1ccc(F)cc1Cl)c1ccccn1. The topological polar surface area (TPSA) is 30.0 Å². The van der Waals surface area contributed by atoms with Gasteiger partial charge in [-0.05, 0) is 29.8 Å². The van der Waals surface area contributed by atoms with E-state index in [4.69, 9.17) is 11.6 Å². The number of carbonyl (C=O) groups excluding carboxylic acids is 1. The molecule has 2 nitrogen and oxygen atoms in total. The molecule has 1 aromatic carbocycles. The molecular formula is C13H9ClFNO. The van der Waals surface area contributed by atoms with Crippen LogP contribution in [0.15, 0.2) is 42.6 Å². The molecule has 0 atom stereocenters. The van der Waals surface area contributed by atoms with Gasteiger partial charge in [0.05, 0.1) is 0 Å². The Balaban J connectivity index is 2.19. The summed E-state index contributed by atoms with van der Waals surface area (Å²) >= 11 is 5.85. The van der Waals surface area contributed by atoms with Crippen LogP contribution in [0.5, 0.6) is 0 Å². The summed E-state index contributed by atoms with van der Waals surface area (Å²) in [6.07, 6.45) is 1.68. The van der Waals surface area contributed by atoms with E-state index in [1.54, 1.807) is 24.4 Å². The molecule has 0 aliphatic rings. The van der Waals surface area contributed by atoms with Crippen LogP contribution in [-0.2, 0) is 6.42 Å². The zero-order valence-electron chi connectivity index (χ0n) is 8.86. The Morgan fingerprint density at radius 1 is 1.29 bits per heavy atom. The summed E-state index contributed by atoms with van der Waals surface area (Å²) < 4.78 is 12.8. The van der Waals surface area contributed by atoms with E-state index in [1.165, 1.54) is 18.2 Å². The predicted octanol–water partition coefficient (Wildman–Crippen LogP) is 3.30. The molecule has 0 N–H and O–H groups in total. The third kappa shape index (κ3) is 2.88. The average molecular weight is 250 g/mol. The van der Waals surface area contributed by atoms with Crippen molar-refractivity contribution in [1.29, 1.82) is 0 Å². The Bertz CT molecular complexity index is 542. The standard InChI is InChI=1S/C13H9ClFNO/c14-11-8-10(15)5-4-9(11)7-13(17)12-3-1-2-6-16-12/h1-6,8H,7H2. The summed E-state index contributed by atoms with van der Waals surface area (Å²) in [5, 5.41) is 0.259. The van der Waals surface area contributed by atoms with Gasteiger partial charge < -0.3 is 0 Å². The second-order valence-electron chi connectivity index (χ2n) is 3.55. The van der Waals surface area contributed by atoms with Gasteiger partial charge in [-0.25, -0.2) is 4.39 Å². The molecule has 0 unspecified atom stereocenters. The van der Waals surface area contributed by atoms with Crippen molar-refractivity contribution >= 4 is 17.4 Å². The molecular weight excluding hydrogens is 241 g/mol. The molecule has 0 spiro atoms. The largest absolute Gasteiger partial charge is 0.292 e. The van der Waals surface area contributed by atoms with Gasteiger partial charge in [0.1, 0.15) is 11.5 Å². The van der Waals surface area contributed by atoms with Crippen LogP contribution >= 0.6 is 11.6 Å². The maximum atomic E-state index is 12.8. The van der Waals surface area contributed by atoms with E-state index in [0.717, 1.165) is 0 Å². The molecule has 0 amide bonds. The van der Waals surface area contributed by atoms with E-state index >= 15 is 0 Å². The molecule has 0 radical (unpaired) electrons. The lowest BCUT2D eigenvalue weighted by Crippen LogP contribution is -2.06. The molecule has 2 rings (SSSR count). The number of Topliss-reactive ketones (excluding diaryl/α,β-unsaturated/α-hetero) is 1. The normalized spacial score (nSPS) is 10.2. The Morgan fingerprint density at radius 3 is 2.76 bits per heavy atom. The van der Waals surface area contributed by atoms with Crippen LogP contribution in [0.25, 0.3) is 0 Å². The van der Waals surface area contributed by atoms with Crippen LogP contribution in [0.1, 0.15) is 16.1 Å². The first kappa shape index (κ1) is 11.7. The highest BCUT2D eigenvalue weighted by Crippen LogP contribution is 2.18. The number of hydrogen-bond acceptors (Lipinski definition) is 2. The molecule has 0 aliphatic heterocycles. The maximum absolute atomic E-state index is 12.8. The van der Waals surface area contributed by atoms with Gasteiger partial charge in [-0.1, -0.05) is 23.7 Å². The Hall–Kier alpha value is -1.74. The molecule has 0 fully saturated rings. The molecule has 86 valence electrons. The number of rotatable bonds is 3. The van der Waals surface area contributed by atoms with Crippen molar-refractivity contribution < 1.29 is 9.18 Å². The highest BCUT2D eigenvalue weighted by molar-refractivity contribution is 6.31. The molecule has 0 bridgehead atoms. The van der Waals surface area contributed by atoms with E-state index in [9.17, 15) is 9.18 Å². The fourth-order valence-corrected chi connectivity index (χ4v) is 1.69. The van der Waals surface area contributed by atoms with Crippen LogP contribution < -0.4 is 0 Å². The number of benzene rings is 1. The third-order valence-electron chi connectivity index (χ3n) is 2.32. The first-order valence-corrected chi connectivity index (χ1v) is 5.43. The van der Waals surface area contributed by atoms with E-state index in [0.29, 0.717) is 11.3 Å². The first-order valence-electron chi connectivity index (χ1n) is 5.05. The summed E-state index contributed by atoms with van der Waals surface area (Å²) in [6, 6.07) is 9.11. The first-order chi connectivity index (χ1) is 8.16. The molecule has 0 saturated heterocycles. The van der Waals surface area contributed by atoms with E-state index in [2.05, 4.69) is 4.98 Å². The Labute approximate surface area is 103 Å². The summed E-state index contributed by atoms with van der Waals surface area (Å²) in [5.74, 6) is -0.553. The quantitative estimate of drug-likeness (QED) is 0.782. The molecule has 0 aliphatic carbocycles. The van der Waals surface area contributed by atoms with Gasteiger partial charge in [-0.3, -0.25) is 9.78 Å². The molecule has 1 heterocycles. The van der Waals surface area contributed by atoms with Crippen molar-refractivity contribution in [3.8, 4) is 0 Å². The minimum absolute atomic E-state index is 0.121. The van der Waals surface area contributed by atoms with Gasteiger partial charge in [0.15, 0.2) is 5.78 Å². The number of halogens is 2. The fraction of sp³-hybridized carbons (Fsp3) is 0.0769. The van der Waals surface area contributed by atoms with Gasteiger partial charge in [-0.15, -0.1) is 0 Å². The maximum Gasteiger partial charge on any atom is 0.185 e. The van der Waals surface area contributed by atoms with Crippen molar-refractivity contribution in [2.75, 3.05) is 0 Å². The lowest BCUT2D eigenvalue weighted by atomic mass is 10.1. The van der Waals surface area contributed by atoms with Gasteiger partial charge in [0.25, 0.3) is 0 Å². The smallest absolute Gasteiger partial charge is 0.185 e. The second kappa shape index (κ2) is 5.06. The number of nitrogens with zero attached hydrogens (tertiary/aromatic N) is 1. The number of pyridine rings is 1. The zero-order chi connectivity index (χ0) is 12.3. The fourth-order valence-electron chi connectivity index (χ4n) is 1.46. The van der Waals surface area contributed by atoms with E-state index in [-0.39, 0.29) is 17.2 Å². The predicted molar refractivity (Wildman–Crippen MR) is 63.7 cm³/mol. The van der Waals surface area contributed by atoms with Crippen LogP contribution in [0, 0.1) is 5.82 Å². The van der Waals surface area contributed by atoms with Gasteiger partial charge in [0.2, 0.25) is 0 Å². The number of carbonyl (C=O) groups is 1. The van der Waals surface area contributed by atoms with E-state index < -0.39 is 5.82 Å². The zero-order valence-corrected chi connectivity index (χ0v) is 9.62. The minimum Gasteiger partial charge on any atom is -0.292 e. The van der Waals surface area contributed by atoms with Crippen LogP contribution in [-0.4, -0.2) is 10.8 Å². The monoisotopic (exact) mass is 249 g/mol. The van der Waals surface area contributed by atoms with Crippen LogP contribution in [0.4, 0.5) is 4.39 Å². The Kier molecular flexibility index (Phi) is 3.49. The lowest BCUT2D eigenvalue weighted by Gasteiger charge is -2.03. The average Bonchev–Trinajstić information content (AvgIpc) is 2.34. The minimum atomic E-state index is -0.413. The highest BCUT2D eigenvalue weighted by atomic mass is 35.5. The summed E-state index contributed by atoms with van der Waals surface area (Å²) in [7, 11) is 0. The lowest BCUT2D eigenvalue weighted by molar-refractivity contribution is 0.0988. The van der Waals surface area contributed by atoms with Crippen LogP contribution in [0.2, 0.25) is 5.02 Å². The molecule has 2 aromatic rings.